The van der Waals surface area contributed by atoms with Gasteiger partial charge in [-0.1, -0.05) is 218 Å². The summed E-state index contributed by atoms with van der Waals surface area (Å²) in [6, 6.07) is 0. The van der Waals surface area contributed by atoms with Crippen LogP contribution in [0.5, 0.6) is 0 Å². The van der Waals surface area contributed by atoms with E-state index in [1.54, 1.807) is 5.57 Å². The topological polar surface area (TPSA) is 29.3 Å². The number of allylic oxidation sites excluding steroid dienone is 2. The molecule has 2 N–H and O–H groups in total. The first kappa shape index (κ1) is 49.4. The number of rotatable bonds is 43. The molecule has 0 unspecified atom stereocenters. The average Bonchev–Trinajstić information content (AvgIpc) is 3.11. The molecule has 0 aliphatic rings. The van der Waals surface area contributed by atoms with Crippen molar-refractivity contribution in [1.29, 1.82) is 0 Å². The van der Waals surface area contributed by atoms with Gasteiger partial charge in [0.05, 0.1) is 0 Å². The van der Waals surface area contributed by atoms with Crippen LogP contribution in [0, 0.1) is 5.92 Å². The van der Waals surface area contributed by atoms with E-state index in [9.17, 15) is 0 Å². The van der Waals surface area contributed by atoms with Crippen LogP contribution in [0.4, 0.5) is 0 Å². The van der Waals surface area contributed by atoms with Crippen LogP contribution in [-0.4, -0.2) is 31.1 Å². The summed E-state index contributed by atoms with van der Waals surface area (Å²) in [5.41, 5.74) is 9.03. The van der Waals surface area contributed by atoms with E-state index in [1.807, 2.05) is 0 Å². The molecule has 0 heterocycles. The fourth-order valence-corrected chi connectivity index (χ4v) is 7.92. The molecule has 2 heteroatoms. The molecule has 50 heavy (non-hydrogen) atoms. The molecule has 2 nitrogen and oxygen atoms in total. The van der Waals surface area contributed by atoms with Crippen LogP contribution in [0.1, 0.15) is 252 Å². The van der Waals surface area contributed by atoms with Crippen LogP contribution >= 0.6 is 0 Å². The van der Waals surface area contributed by atoms with E-state index in [1.165, 1.54) is 250 Å². The zero-order valence-electron chi connectivity index (χ0n) is 35.3. The van der Waals surface area contributed by atoms with E-state index in [4.69, 9.17) is 5.73 Å². The third-order valence-corrected chi connectivity index (χ3v) is 11.3. The molecule has 0 aromatic heterocycles. The summed E-state index contributed by atoms with van der Waals surface area (Å²) in [4.78, 5) is 2.64. The fourth-order valence-electron chi connectivity index (χ4n) is 7.92. The molecule has 0 aromatic carbocycles. The van der Waals surface area contributed by atoms with E-state index in [-0.39, 0.29) is 0 Å². The summed E-state index contributed by atoms with van der Waals surface area (Å²) in [5.74, 6) is 0.891. The lowest BCUT2D eigenvalue weighted by atomic mass is 9.87. The second kappa shape index (κ2) is 41.2. The molecule has 0 saturated carbocycles. The molecular formula is C48H96N2. The highest BCUT2D eigenvalue weighted by molar-refractivity contribution is 4.96. The Hall–Kier alpha value is -0.600. The lowest BCUT2D eigenvalue weighted by Crippen LogP contribution is -2.31. The van der Waals surface area contributed by atoms with Crippen LogP contribution in [0.3, 0.4) is 0 Å². The first-order valence-corrected chi connectivity index (χ1v) is 23.3. The number of hydrogen-bond donors (Lipinski definition) is 1. The summed E-state index contributed by atoms with van der Waals surface area (Å²) in [6.45, 7) is 20.2. The molecular weight excluding hydrogens is 605 g/mol. The number of nitrogens with two attached hydrogens (primary N) is 1. The van der Waals surface area contributed by atoms with Crippen molar-refractivity contribution in [1.82, 2.24) is 4.90 Å². The van der Waals surface area contributed by atoms with Crippen molar-refractivity contribution >= 4 is 0 Å². The molecule has 0 saturated heterocycles. The van der Waals surface area contributed by atoms with Gasteiger partial charge in [0.1, 0.15) is 0 Å². The first-order valence-electron chi connectivity index (χ1n) is 23.3. The number of hydrogen-bond acceptors (Lipinski definition) is 2. The van der Waals surface area contributed by atoms with Crippen LogP contribution in [0.2, 0.25) is 0 Å². The molecule has 0 amide bonds. The van der Waals surface area contributed by atoms with Gasteiger partial charge in [0.15, 0.2) is 0 Å². The second-order valence-electron chi connectivity index (χ2n) is 16.6. The Bertz CT molecular complexity index is 668. The lowest BCUT2D eigenvalue weighted by Gasteiger charge is -2.21. The lowest BCUT2D eigenvalue weighted by molar-refractivity contribution is 0.267. The maximum Gasteiger partial charge on any atom is 0.0105 e. The van der Waals surface area contributed by atoms with Gasteiger partial charge in [-0.15, -0.1) is 0 Å². The van der Waals surface area contributed by atoms with Crippen LogP contribution in [0.15, 0.2) is 24.3 Å². The van der Waals surface area contributed by atoms with Gasteiger partial charge in [0, 0.05) is 13.1 Å². The molecule has 0 bridgehead atoms. The van der Waals surface area contributed by atoms with E-state index in [0.717, 1.165) is 19.0 Å². The van der Waals surface area contributed by atoms with Crippen LogP contribution < -0.4 is 5.73 Å². The molecule has 0 radical (unpaired) electrons. The molecule has 0 fully saturated rings. The predicted octanol–water partition coefficient (Wildman–Crippen LogP) is 16.1. The van der Waals surface area contributed by atoms with Crippen molar-refractivity contribution in [3.05, 3.63) is 24.3 Å². The molecule has 0 aromatic rings. The Morgan fingerprint density at radius 3 is 1.10 bits per heavy atom. The Kier molecular flexibility index (Phi) is 40.7. The van der Waals surface area contributed by atoms with Crippen molar-refractivity contribution in [2.24, 2.45) is 11.7 Å². The minimum Gasteiger partial charge on any atom is -0.329 e. The Balaban J connectivity index is 3.94. The normalized spacial score (nSPS) is 11.7. The SMILES string of the molecule is C=C(CCCCCCCCCC)CCCCCCCN(CCN)CCCCCCCC(=C)CC(CCCCCCCC)CCCCCCCC. The second-order valence-corrected chi connectivity index (χ2v) is 16.6. The van der Waals surface area contributed by atoms with Crippen molar-refractivity contribution in [3.63, 3.8) is 0 Å². The third-order valence-electron chi connectivity index (χ3n) is 11.3. The summed E-state index contributed by atoms with van der Waals surface area (Å²) in [5, 5.41) is 0. The fraction of sp³-hybridized carbons (Fsp3) is 0.917. The molecule has 0 aliphatic carbocycles. The van der Waals surface area contributed by atoms with E-state index < -0.39 is 0 Å². The summed E-state index contributed by atoms with van der Waals surface area (Å²) >= 11 is 0. The van der Waals surface area contributed by atoms with Crippen LogP contribution in [-0.2, 0) is 0 Å². The third kappa shape index (κ3) is 37.2. The highest BCUT2D eigenvalue weighted by Gasteiger charge is 2.11. The monoisotopic (exact) mass is 701 g/mol. The van der Waals surface area contributed by atoms with Gasteiger partial charge in [-0.25, -0.2) is 0 Å². The van der Waals surface area contributed by atoms with Gasteiger partial charge < -0.3 is 10.6 Å². The zero-order valence-corrected chi connectivity index (χ0v) is 35.3. The predicted molar refractivity (Wildman–Crippen MR) is 230 cm³/mol. The molecule has 0 aliphatic heterocycles. The molecule has 0 rings (SSSR count). The minimum absolute atomic E-state index is 0.793. The van der Waals surface area contributed by atoms with Gasteiger partial charge in [-0.3, -0.25) is 0 Å². The zero-order chi connectivity index (χ0) is 36.6. The Morgan fingerprint density at radius 1 is 0.400 bits per heavy atom. The highest BCUT2D eigenvalue weighted by atomic mass is 15.1. The quantitative estimate of drug-likeness (QED) is 0.0507. The van der Waals surface area contributed by atoms with Crippen molar-refractivity contribution in [2.75, 3.05) is 26.2 Å². The van der Waals surface area contributed by atoms with Gasteiger partial charge in [0.25, 0.3) is 0 Å². The van der Waals surface area contributed by atoms with Gasteiger partial charge >= 0.3 is 0 Å². The highest BCUT2D eigenvalue weighted by Crippen LogP contribution is 2.27. The van der Waals surface area contributed by atoms with Crippen molar-refractivity contribution in [2.45, 2.75) is 252 Å². The number of nitrogens with zero attached hydrogens (tertiary/aromatic N) is 1. The molecule has 298 valence electrons. The van der Waals surface area contributed by atoms with Gasteiger partial charge in [0.2, 0.25) is 0 Å². The summed E-state index contributed by atoms with van der Waals surface area (Å²) in [6.07, 6.45) is 49.9. The maximum atomic E-state index is 5.98. The summed E-state index contributed by atoms with van der Waals surface area (Å²) in [7, 11) is 0. The van der Waals surface area contributed by atoms with E-state index >= 15 is 0 Å². The minimum atomic E-state index is 0.793. The first-order chi connectivity index (χ1) is 24.6. The van der Waals surface area contributed by atoms with E-state index in [2.05, 4.69) is 38.8 Å². The Labute approximate surface area is 318 Å². The number of unbranched alkanes of at least 4 members (excludes halogenated alkanes) is 25. The molecule has 0 spiro atoms. The van der Waals surface area contributed by atoms with Crippen molar-refractivity contribution < 1.29 is 0 Å². The molecule has 0 atom stereocenters. The average molecular weight is 701 g/mol. The summed E-state index contributed by atoms with van der Waals surface area (Å²) < 4.78 is 0. The standard InChI is InChI=1S/C48H96N2/c1-6-9-12-15-18-19-22-29-36-46(4)37-30-23-20-27-34-42-50(44-41-49)43-35-28-21-24-31-38-47(5)45-48(39-32-25-16-13-10-7-2)40-33-26-17-14-11-8-3/h48H,4-45,49H2,1-3H3. The smallest absolute Gasteiger partial charge is 0.0105 e. The van der Waals surface area contributed by atoms with E-state index in [0.29, 0.717) is 0 Å². The van der Waals surface area contributed by atoms with Gasteiger partial charge in [-0.05, 0) is 76.8 Å². The van der Waals surface area contributed by atoms with Crippen LogP contribution in [0.25, 0.3) is 0 Å². The maximum absolute atomic E-state index is 5.98. The largest absolute Gasteiger partial charge is 0.329 e. The van der Waals surface area contributed by atoms with Gasteiger partial charge in [-0.2, -0.15) is 0 Å². The Morgan fingerprint density at radius 2 is 0.720 bits per heavy atom. The van der Waals surface area contributed by atoms with Crippen molar-refractivity contribution in [3.8, 4) is 0 Å².